The highest BCUT2D eigenvalue weighted by Crippen LogP contribution is 2.20. The summed E-state index contributed by atoms with van der Waals surface area (Å²) < 4.78 is 5.36. The van der Waals surface area contributed by atoms with Crippen LogP contribution in [0.4, 0.5) is 0 Å². The highest BCUT2D eigenvalue weighted by molar-refractivity contribution is 5.33. The van der Waals surface area contributed by atoms with Crippen LogP contribution in [0.25, 0.3) is 0 Å². The summed E-state index contributed by atoms with van der Waals surface area (Å²) in [6.45, 7) is 6.64. The first-order chi connectivity index (χ1) is 10.6. The summed E-state index contributed by atoms with van der Waals surface area (Å²) in [7, 11) is 1.74. The van der Waals surface area contributed by atoms with Crippen molar-refractivity contribution in [1.82, 2.24) is 0 Å². The predicted octanol–water partition coefficient (Wildman–Crippen LogP) is 5.51. The minimum absolute atomic E-state index is 0.743. The van der Waals surface area contributed by atoms with Gasteiger partial charge in [0.15, 0.2) is 0 Å². The van der Waals surface area contributed by atoms with Gasteiger partial charge in [0, 0.05) is 0 Å². The van der Waals surface area contributed by atoms with Gasteiger partial charge in [0.05, 0.1) is 7.11 Å². The van der Waals surface area contributed by atoms with E-state index in [1.165, 1.54) is 41.5 Å². The van der Waals surface area contributed by atoms with Crippen LogP contribution in [0.2, 0.25) is 0 Å². The average Bonchev–Trinajstić information content (AvgIpc) is 2.52. The van der Waals surface area contributed by atoms with Crippen molar-refractivity contribution < 1.29 is 4.74 Å². The van der Waals surface area contributed by atoms with Crippen LogP contribution in [-0.2, 0) is 12.8 Å². The van der Waals surface area contributed by atoms with E-state index in [1.54, 1.807) is 7.11 Å². The SMILES string of the molecule is COc1cc(C)cc(CCC(C)CCc2ccc(C)cc2)c1. The lowest BCUT2D eigenvalue weighted by Gasteiger charge is -2.12. The largest absolute Gasteiger partial charge is 0.497 e. The molecule has 0 saturated heterocycles. The zero-order valence-corrected chi connectivity index (χ0v) is 14.4. The first-order valence-corrected chi connectivity index (χ1v) is 8.27. The summed E-state index contributed by atoms with van der Waals surface area (Å²) in [6, 6.07) is 15.5. The summed E-state index contributed by atoms with van der Waals surface area (Å²) in [5, 5.41) is 0. The number of hydrogen-bond donors (Lipinski definition) is 0. The molecule has 2 rings (SSSR count). The van der Waals surface area contributed by atoms with Gasteiger partial charge in [0.25, 0.3) is 0 Å². The molecular weight excluding hydrogens is 268 g/mol. The van der Waals surface area contributed by atoms with E-state index >= 15 is 0 Å². The summed E-state index contributed by atoms with van der Waals surface area (Å²) in [5.41, 5.74) is 5.46. The molecule has 0 aliphatic carbocycles. The second-order valence-electron chi connectivity index (χ2n) is 6.53. The third kappa shape index (κ3) is 5.22. The Morgan fingerprint density at radius 3 is 2.09 bits per heavy atom. The smallest absolute Gasteiger partial charge is 0.119 e. The molecule has 0 spiro atoms. The normalized spacial score (nSPS) is 12.2. The average molecular weight is 296 g/mol. The van der Waals surface area contributed by atoms with Gasteiger partial charge >= 0.3 is 0 Å². The van der Waals surface area contributed by atoms with Gasteiger partial charge in [-0.1, -0.05) is 42.8 Å². The highest BCUT2D eigenvalue weighted by Gasteiger charge is 2.05. The van der Waals surface area contributed by atoms with Gasteiger partial charge < -0.3 is 4.74 Å². The molecule has 0 heterocycles. The predicted molar refractivity (Wildman–Crippen MR) is 94.7 cm³/mol. The molecule has 1 atom stereocenters. The maximum absolute atomic E-state index is 5.36. The second-order valence-corrected chi connectivity index (χ2v) is 6.53. The number of aryl methyl sites for hydroxylation is 4. The molecule has 0 aliphatic rings. The van der Waals surface area contributed by atoms with Gasteiger partial charge in [0.1, 0.15) is 5.75 Å². The fraction of sp³-hybridized carbons (Fsp3) is 0.429. The molecule has 0 radical (unpaired) electrons. The number of benzene rings is 2. The van der Waals surface area contributed by atoms with Crippen LogP contribution in [0.3, 0.4) is 0 Å². The molecule has 0 bridgehead atoms. The van der Waals surface area contributed by atoms with E-state index in [4.69, 9.17) is 4.74 Å². The summed E-state index contributed by atoms with van der Waals surface area (Å²) in [6.07, 6.45) is 4.80. The highest BCUT2D eigenvalue weighted by atomic mass is 16.5. The van der Waals surface area contributed by atoms with E-state index in [0.717, 1.165) is 18.1 Å². The van der Waals surface area contributed by atoms with E-state index in [-0.39, 0.29) is 0 Å². The molecule has 118 valence electrons. The molecule has 0 amide bonds. The number of hydrogen-bond acceptors (Lipinski definition) is 1. The van der Waals surface area contributed by atoms with Crippen molar-refractivity contribution >= 4 is 0 Å². The third-order valence-corrected chi connectivity index (χ3v) is 4.32. The first kappa shape index (κ1) is 16.6. The maximum Gasteiger partial charge on any atom is 0.119 e. The summed E-state index contributed by atoms with van der Waals surface area (Å²) in [5.74, 6) is 1.72. The van der Waals surface area contributed by atoms with Crippen LogP contribution in [0.15, 0.2) is 42.5 Å². The van der Waals surface area contributed by atoms with E-state index in [9.17, 15) is 0 Å². The Hall–Kier alpha value is -1.76. The van der Waals surface area contributed by atoms with Gasteiger partial charge in [-0.15, -0.1) is 0 Å². The maximum atomic E-state index is 5.36. The quantitative estimate of drug-likeness (QED) is 0.654. The topological polar surface area (TPSA) is 9.23 Å². The molecular formula is C21H28O. The zero-order valence-electron chi connectivity index (χ0n) is 14.4. The van der Waals surface area contributed by atoms with Gasteiger partial charge in [-0.3, -0.25) is 0 Å². The summed E-state index contributed by atoms with van der Waals surface area (Å²) >= 11 is 0. The lowest BCUT2D eigenvalue weighted by atomic mass is 9.94. The molecule has 2 aromatic carbocycles. The molecule has 2 aromatic rings. The molecule has 0 aromatic heterocycles. The van der Waals surface area contributed by atoms with Crippen LogP contribution < -0.4 is 4.74 Å². The van der Waals surface area contributed by atoms with Crippen LogP contribution in [0.1, 0.15) is 42.0 Å². The molecule has 1 nitrogen and oxygen atoms in total. The molecule has 0 N–H and O–H groups in total. The van der Waals surface area contributed by atoms with Crippen molar-refractivity contribution in [2.75, 3.05) is 7.11 Å². The first-order valence-electron chi connectivity index (χ1n) is 8.27. The van der Waals surface area contributed by atoms with Crippen LogP contribution in [0, 0.1) is 19.8 Å². The Labute approximate surface area is 135 Å². The number of rotatable bonds is 7. The number of ether oxygens (including phenoxy) is 1. The van der Waals surface area contributed by atoms with Crippen LogP contribution >= 0.6 is 0 Å². The van der Waals surface area contributed by atoms with Crippen molar-refractivity contribution in [2.45, 2.75) is 46.5 Å². The Bertz CT molecular complexity index is 583. The minimum atomic E-state index is 0.743. The van der Waals surface area contributed by atoms with Crippen LogP contribution in [0.5, 0.6) is 5.75 Å². The Balaban J connectivity index is 1.81. The van der Waals surface area contributed by atoms with Crippen molar-refractivity contribution in [3.05, 3.63) is 64.7 Å². The van der Waals surface area contributed by atoms with Crippen molar-refractivity contribution in [3.63, 3.8) is 0 Å². The summed E-state index contributed by atoms with van der Waals surface area (Å²) in [4.78, 5) is 0. The van der Waals surface area contributed by atoms with E-state index < -0.39 is 0 Å². The lowest BCUT2D eigenvalue weighted by molar-refractivity contribution is 0.413. The van der Waals surface area contributed by atoms with E-state index in [0.29, 0.717) is 0 Å². The molecule has 0 saturated carbocycles. The lowest BCUT2D eigenvalue weighted by Crippen LogP contribution is -2.00. The van der Waals surface area contributed by atoms with E-state index in [1.807, 2.05) is 0 Å². The molecule has 22 heavy (non-hydrogen) atoms. The fourth-order valence-corrected chi connectivity index (χ4v) is 2.81. The van der Waals surface area contributed by atoms with Gasteiger partial charge in [0.2, 0.25) is 0 Å². The van der Waals surface area contributed by atoms with Gasteiger partial charge in [-0.05, 0) is 74.3 Å². The third-order valence-electron chi connectivity index (χ3n) is 4.32. The monoisotopic (exact) mass is 296 g/mol. The Morgan fingerprint density at radius 2 is 1.45 bits per heavy atom. The Morgan fingerprint density at radius 1 is 0.818 bits per heavy atom. The zero-order chi connectivity index (χ0) is 15.9. The van der Waals surface area contributed by atoms with Crippen molar-refractivity contribution in [1.29, 1.82) is 0 Å². The number of methoxy groups -OCH3 is 1. The second kappa shape index (κ2) is 8.03. The molecule has 0 fully saturated rings. The van der Waals surface area contributed by atoms with Gasteiger partial charge in [-0.2, -0.15) is 0 Å². The molecule has 0 aliphatic heterocycles. The van der Waals surface area contributed by atoms with E-state index in [2.05, 4.69) is 63.2 Å². The van der Waals surface area contributed by atoms with Crippen molar-refractivity contribution in [3.8, 4) is 5.75 Å². The molecule has 1 unspecified atom stereocenters. The fourth-order valence-electron chi connectivity index (χ4n) is 2.81. The van der Waals surface area contributed by atoms with Crippen molar-refractivity contribution in [2.24, 2.45) is 5.92 Å². The molecule has 1 heteroatoms. The standard InChI is InChI=1S/C21H28O/c1-16-5-9-19(10-6-16)11-7-17(2)8-12-20-13-18(3)14-21(15-20)22-4/h5-6,9-10,13-15,17H,7-8,11-12H2,1-4H3. The van der Waals surface area contributed by atoms with Gasteiger partial charge in [-0.25, -0.2) is 0 Å². The Kier molecular flexibility index (Phi) is 6.06. The van der Waals surface area contributed by atoms with Crippen LogP contribution in [-0.4, -0.2) is 7.11 Å². The minimum Gasteiger partial charge on any atom is -0.497 e.